The molecule has 5 heteroatoms. The number of carboxylic acids is 1. The summed E-state index contributed by atoms with van der Waals surface area (Å²) in [6.07, 6.45) is 4.38. The topological polar surface area (TPSA) is 49.8 Å². The molecule has 0 heterocycles. The molecule has 0 aliphatic carbocycles. The Labute approximate surface area is 123 Å². The Morgan fingerprint density at radius 2 is 2.30 bits per heavy atom. The third-order valence-electron chi connectivity index (χ3n) is 2.65. The van der Waals surface area contributed by atoms with Crippen molar-refractivity contribution in [3.8, 4) is 0 Å². The number of methoxy groups -OCH3 is 1. The molecule has 108 valence electrons. The van der Waals surface area contributed by atoms with Crippen molar-refractivity contribution in [3.63, 3.8) is 0 Å². The lowest BCUT2D eigenvalue weighted by molar-refractivity contribution is -0.131. The molecular formula is C15H18ClNO3. The van der Waals surface area contributed by atoms with Crippen molar-refractivity contribution >= 4 is 29.3 Å². The van der Waals surface area contributed by atoms with E-state index in [0.717, 1.165) is 17.3 Å². The maximum absolute atomic E-state index is 10.5. The average molecular weight is 296 g/mol. The Kier molecular flexibility index (Phi) is 6.84. The predicted octanol–water partition coefficient (Wildman–Crippen LogP) is 3.08. The van der Waals surface area contributed by atoms with Crippen LogP contribution in [0.25, 0.3) is 6.08 Å². The van der Waals surface area contributed by atoms with E-state index < -0.39 is 5.97 Å². The Bertz CT molecular complexity index is 500. The third-order valence-corrected chi connectivity index (χ3v) is 2.95. The molecule has 0 bridgehead atoms. The summed E-state index contributed by atoms with van der Waals surface area (Å²) in [5, 5.41) is 9.17. The molecule has 0 saturated carbocycles. The van der Waals surface area contributed by atoms with Crippen molar-refractivity contribution in [1.29, 1.82) is 0 Å². The van der Waals surface area contributed by atoms with Gasteiger partial charge in [0.15, 0.2) is 0 Å². The summed E-state index contributed by atoms with van der Waals surface area (Å²) in [5.74, 6) is -0.987. The van der Waals surface area contributed by atoms with Gasteiger partial charge in [0.1, 0.15) is 0 Å². The van der Waals surface area contributed by atoms with Crippen molar-refractivity contribution in [2.24, 2.45) is 0 Å². The minimum absolute atomic E-state index is 0.565. The molecular weight excluding hydrogens is 278 g/mol. The van der Waals surface area contributed by atoms with E-state index in [-0.39, 0.29) is 0 Å². The van der Waals surface area contributed by atoms with Crippen LogP contribution in [0.4, 0.5) is 5.69 Å². The van der Waals surface area contributed by atoms with Gasteiger partial charge < -0.3 is 14.7 Å². The average Bonchev–Trinajstić information content (AvgIpc) is 2.41. The van der Waals surface area contributed by atoms with Crippen molar-refractivity contribution < 1.29 is 14.6 Å². The Hall–Kier alpha value is -1.78. The van der Waals surface area contributed by atoms with Gasteiger partial charge in [-0.05, 0) is 23.8 Å². The molecule has 0 saturated heterocycles. The van der Waals surface area contributed by atoms with Crippen LogP contribution >= 0.6 is 11.6 Å². The van der Waals surface area contributed by atoms with Crippen LogP contribution in [0.2, 0.25) is 5.02 Å². The van der Waals surface area contributed by atoms with Crippen LogP contribution in [0.1, 0.15) is 5.56 Å². The van der Waals surface area contributed by atoms with E-state index in [4.69, 9.17) is 21.4 Å². The summed E-state index contributed by atoms with van der Waals surface area (Å²) in [4.78, 5) is 12.5. The Morgan fingerprint density at radius 3 is 2.85 bits per heavy atom. The normalized spacial score (nSPS) is 10.7. The minimum atomic E-state index is -0.987. The van der Waals surface area contributed by atoms with Crippen molar-refractivity contribution in [2.45, 2.75) is 0 Å². The molecule has 4 nitrogen and oxygen atoms in total. The van der Waals surface area contributed by atoms with Gasteiger partial charge in [0, 0.05) is 26.3 Å². The molecule has 0 radical (unpaired) electrons. The summed E-state index contributed by atoms with van der Waals surface area (Å²) in [5.41, 5.74) is 1.61. The van der Waals surface area contributed by atoms with Crippen molar-refractivity contribution in [1.82, 2.24) is 0 Å². The third kappa shape index (κ3) is 5.07. The first-order valence-electron chi connectivity index (χ1n) is 6.13. The highest BCUT2D eigenvalue weighted by Gasteiger charge is 2.09. The lowest BCUT2D eigenvalue weighted by Gasteiger charge is -2.24. The summed E-state index contributed by atoms with van der Waals surface area (Å²) in [7, 11) is 1.65. The zero-order valence-electron chi connectivity index (χ0n) is 11.4. The maximum atomic E-state index is 10.5. The van der Waals surface area contributed by atoms with Gasteiger partial charge in [0.2, 0.25) is 0 Å². The number of ether oxygens (including phenoxy) is 1. The number of carboxylic acid groups (broad SMARTS) is 1. The van der Waals surface area contributed by atoms with E-state index in [2.05, 4.69) is 6.58 Å². The van der Waals surface area contributed by atoms with Crippen LogP contribution in [0.3, 0.4) is 0 Å². The first-order valence-corrected chi connectivity index (χ1v) is 6.51. The fraction of sp³-hybridized carbons (Fsp3) is 0.267. The lowest BCUT2D eigenvalue weighted by atomic mass is 10.1. The molecule has 0 fully saturated rings. The number of halogens is 1. The smallest absolute Gasteiger partial charge is 0.328 e. The monoisotopic (exact) mass is 295 g/mol. The van der Waals surface area contributed by atoms with Crippen LogP contribution in [-0.4, -0.2) is 37.9 Å². The molecule has 0 atom stereocenters. The second-order valence-corrected chi connectivity index (χ2v) is 4.52. The highest BCUT2D eigenvalue weighted by Crippen LogP contribution is 2.27. The van der Waals surface area contributed by atoms with Crippen molar-refractivity contribution in [3.05, 3.63) is 47.5 Å². The van der Waals surface area contributed by atoms with Gasteiger partial charge in [0.25, 0.3) is 0 Å². The standard InChI is InChI=1S/C15H18ClNO3/c1-3-8-17(9-10-20-2)14-6-4-12(11-13(14)16)5-7-15(18)19/h3-7,11H,1,8-10H2,2H3,(H,18,19)/b7-5+. The van der Waals surface area contributed by atoms with Gasteiger partial charge >= 0.3 is 5.97 Å². The molecule has 1 N–H and O–H groups in total. The number of anilines is 1. The molecule has 1 aromatic carbocycles. The minimum Gasteiger partial charge on any atom is -0.478 e. The van der Waals surface area contributed by atoms with E-state index in [1.54, 1.807) is 19.3 Å². The number of carbonyl (C=O) groups is 1. The molecule has 0 aliphatic heterocycles. The number of aliphatic carboxylic acids is 1. The van der Waals surface area contributed by atoms with E-state index >= 15 is 0 Å². The largest absolute Gasteiger partial charge is 0.478 e. The molecule has 0 amide bonds. The number of hydrogen-bond donors (Lipinski definition) is 1. The molecule has 20 heavy (non-hydrogen) atoms. The van der Waals surface area contributed by atoms with Crippen LogP contribution in [0.5, 0.6) is 0 Å². The van der Waals surface area contributed by atoms with Gasteiger partial charge in [-0.25, -0.2) is 4.79 Å². The molecule has 0 aromatic heterocycles. The summed E-state index contributed by atoms with van der Waals surface area (Å²) in [6, 6.07) is 5.42. The predicted molar refractivity (Wildman–Crippen MR) is 82.4 cm³/mol. The number of hydrogen-bond acceptors (Lipinski definition) is 3. The van der Waals surface area contributed by atoms with E-state index in [0.29, 0.717) is 24.7 Å². The molecule has 0 aliphatic rings. The number of benzene rings is 1. The van der Waals surface area contributed by atoms with Gasteiger partial charge in [0.05, 0.1) is 17.3 Å². The van der Waals surface area contributed by atoms with Crippen LogP contribution in [0, 0.1) is 0 Å². The SMILES string of the molecule is C=CCN(CCOC)c1ccc(/C=C/C(=O)O)cc1Cl. The van der Waals surface area contributed by atoms with E-state index in [1.165, 1.54) is 6.08 Å². The highest BCUT2D eigenvalue weighted by atomic mass is 35.5. The summed E-state index contributed by atoms with van der Waals surface area (Å²) in [6.45, 7) is 5.68. The van der Waals surface area contributed by atoms with Crippen molar-refractivity contribution in [2.75, 3.05) is 31.7 Å². The van der Waals surface area contributed by atoms with Crippen LogP contribution < -0.4 is 4.90 Å². The first kappa shape index (κ1) is 16.3. The van der Waals surface area contributed by atoms with E-state index in [9.17, 15) is 4.79 Å². The first-order chi connectivity index (χ1) is 9.58. The van der Waals surface area contributed by atoms with Gasteiger partial charge in [-0.3, -0.25) is 0 Å². The molecule has 0 spiro atoms. The van der Waals surface area contributed by atoms with Crippen LogP contribution in [0.15, 0.2) is 36.9 Å². The maximum Gasteiger partial charge on any atom is 0.328 e. The fourth-order valence-corrected chi connectivity index (χ4v) is 2.03. The molecule has 0 unspecified atom stereocenters. The van der Waals surface area contributed by atoms with Gasteiger partial charge in [-0.1, -0.05) is 23.7 Å². The lowest BCUT2D eigenvalue weighted by Crippen LogP contribution is -2.27. The zero-order chi connectivity index (χ0) is 15.0. The number of rotatable bonds is 8. The van der Waals surface area contributed by atoms with Gasteiger partial charge in [-0.15, -0.1) is 6.58 Å². The molecule has 1 rings (SSSR count). The second-order valence-electron chi connectivity index (χ2n) is 4.11. The quantitative estimate of drug-likeness (QED) is 0.591. The highest BCUT2D eigenvalue weighted by molar-refractivity contribution is 6.33. The summed E-state index contributed by atoms with van der Waals surface area (Å²) >= 11 is 6.26. The number of nitrogens with zero attached hydrogens (tertiary/aromatic N) is 1. The zero-order valence-corrected chi connectivity index (χ0v) is 12.1. The van der Waals surface area contributed by atoms with E-state index in [1.807, 2.05) is 17.0 Å². The Balaban J connectivity index is 2.93. The van der Waals surface area contributed by atoms with Gasteiger partial charge in [-0.2, -0.15) is 0 Å². The Morgan fingerprint density at radius 1 is 1.55 bits per heavy atom. The van der Waals surface area contributed by atoms with Crippen LogP contribution in [-0.2, 0) is 9.53 Å². The second kappa shape index (κ2) is 8.40. The fourth-order valence-electron chi connectivity index (χ4n) is 1.72. The summed E-state index contributed by atoms with van der Waals surface area (Å²) < 4.78 is 5.07. The molecule has 1 aromatic rings.